The average molecular weight is 251 g/mol. The first kappa shape index (κ1) is 13.6. The molecule has 0 radical (unpaired) electrons. The zero-order valence-corrected chi connectivity index (χ0v) is 11.9. The molecule has 18 heavy (non-hydrogen) atoms. The summed E-state index contributed by atoms with van der Waals surface area (Å²) in [6, 6.07) is 2.05. The van der Waals surface area contributed by atoms with E-state index in [9.17, 15) is 5.11 Å². The fraction of sp³-hybridized carbons (Fsp3) is 0.786. The molecule has 2 heterocycles. The predicted molar refractivity (Wildman–Crippen MR) is 72.5 cm³/mol. The number of piperidine rings is 1. The summed E-state index contributed by atoms with van der Waals surface area (Å²) in [6.07, 6.45) is 1.82. The summed E-state index contributed by atoms with van der Waals surface area (Å²) in [4.78, 5) is 0. The fourth-order valence-corrected chi connectivity index (χ4v) is 2.51. The van der Waals surface area contributed by atoms with Gasteiger partial charge in [0, 0.05) is 24.9 Å². The van der Waals surface area contributed by atoms with Gasteiger partial charge in [-0.25, -0.2) is 0 Å². The molecule has 1 aromatic heterocycles. The lowest BCUT2D eigenvalue weighted by Gasteiger charge is -2.27. The Morgan fingerprint density at radius 1 is 1.50 bits per heavy atom. The Hall–Kier alpha value is -0.870. The highest BCUT2D eigenvalue weighted by molar-refractivity contribution is 5.19. The van der Waals surface area contributed by atoms with Gasteiger partial charge in [0.2, 0.25) is 0 Å². The number of hydrogen-bond acceptors (Lipinski definition) is 3. The van der Waals surface area contributed by atoms with Crippen LogP contribution in [0.25, 0.3) is 0 Å². The van der Waals surface area contributed by atoms with Gasteiger partial charge in [-0.1, -0.05) is 20.8 Å². The molecular formula is C14H25N3O. The second kappa shape index (κ2) is 5.02. The summed E-state index contributed by atoms with van der Waals surface area (Å²) < 4.78 is 1.83. The van der Waals surface area contributed by atoms with Crippen LogP contribution in [-0.2, 0) is 12.5 Å². The highest BCUT2D eigenvalue weighted by Gasteiger charge is 2.27. The minimum absolute atomic E-state index is 0.0283. The first-order valence-electron chi connectivity index (χ1n) is 6.83. The van der Waals surface area contributed by atoms with E-state index in [4.69, 9.17) is 0 Å². The quantitative estimate of drug-likeness (QED) is 0.842. The van der Waals surface area contributed by atoms with Crippen LogP contribution in [0.4, 0.5) is 0 Å². The molecule has 0 bridgehead atoms. The van der Waals surface area contributed by atoms with Gasteiger partial charge in [-0.3, -0.25) is 4.68 Å². The lowest BCUT2D eigenvalue weighted by Crippen LogP contribution is -2.33. The molecule has 1 aromatic rings. The van der Waals surface area contributed by atoms with Crippen molar-refractivity contribution in [1.82, 2.24) is 15.1 Å². The third-order valence-corrected chi connectivity index (χ3v) is 3.77. The molecule has 0 spiro atoms. The number of aromatic nitrogens is 2. The van der Waals surface area contributed by atoms with Crippen LogP contribution in [0.15, 0.2) is 6.07 Å². The van der Waals surface area contributed by atoms with Gasteiger partial charge in [-0.15, -0.1) is 0 Å². The fourth-order valence-electron chi connectivity index (χ4n) is 2.51. The van der Waals surface area contributed by atoms with E-state index in [1.54, 1.807) is 0 Å². The second-order valence-corrected chi connectivity index (χ2v) is 6.38. The highest BCUT2D eigenvalue weighted by atomic mass is 16.3. The number of nitrogens with one attached hydrogen (secondary N) is 1. The van der Waals surface area contributed by atoms with Gasteiger partial charge in [0.05, 0.1) is 17.5 Å². The Morgan fingerprint density at radius 3 is 2.72 bits per heavy atom. The first-order valence-corrected chi connectivity index (χ1v) is 6.83. The number of hydrogen-bond donors (Lipinski definition) is 2. The van der Waals surface area contributed by atoms with Crippen LogP contribution in [0.1, 0.15) is 51.1 Å². The molecule has 1 saturated heterocycles. The summed E-state index contributed by atoms with van der Waals surface area (Å²) in [6.45, 7) is 8.41. The maximum absolute atomic E-state index is 10.5. The van der Waals surface area contributed by atoms with E-state index in [1.165, 1.54) is 0 Å². The number of aliphatic hydroxyl groups is 1. The molecule has 0 saturated carbocycles. The Kier molecular flexibility index (Phi) is 3.78. The zero-order valence-electron chi connectivity index (χ0n) is 11.9. The van der Waals surface area contributed by atoms with Gasteiger partial charge < -0.3 is 10.4 Å². The van der Waals surface area contributed by atoms with Crippen LogP contribution in [0.2, 0.25) is 0 Å². The molecule has 4 nitrogen and oxygen atoms in total. The normalized spacial score (nSPS) is 23.1. The standard InChI is InChI=1S/C14H25N3O/c1-14(2,3)12-8-11(17(4)16-12)13(18)10-6-5-7-15-9-10/h8,10,13,15,18H,5-7,9H2,1-4H3. The van der Waals surface area contributed by atoms with Crippen molar-refractivity contribution >= 4 is 0 Å². The van der Waals surface area contributed by atoms with Crippen LogP contribution < -0.4 is 5.32 Å². The van der Waals surface area contributed by atoms with Gasteiger partial charge in [0.15, 0.2) is 0 Å². The molecule has 1 fully saturated rings. The zero-order chi connectivity index (χ0) is 13.3. The van der Waals surface area contributed by atoms with E-state index >= 15 is 0 Å². The van der Waals surface area contributed by atoms with Crippen molar-refractivity contribution in [1.29, 1.82) is 0 Å². The van der Waals surface area contributed by atoms with Crippen molar-refractivity contribution in [2.24, 2.45) is 13.0 Å². The largest absolute Gasteiger partial charge is 0.386 e. The smallest absolute Gasteiger partial charge is 0.0996 e. The Labute approximate surface area is 109 Å². The van der Waals surface area contributed by atoms with Gasteiger partial charge in [-0.2, -0.15) is 5.10 Å². The van der Waals surface area contributed by atoms with Crippen LogP contribution in [-0.4, -0.2) is 28.0 Å². The monoisotopic (exact) mass is 251 g/mol. The Balaban J connectivity index is 2.19. The molecule has 2 rings (SSSR count). The van der Waals surface area contributed by atoms with Crippen molar-refractivity contribution in [3.63, 3.8) is 0 Å². The Morgan fingerprint density at radius 2 is 2.22 bits per heavy atom. The van der Waals surface area contributed by atoms with Crippen LogP contribution >= 0.6 is 0 Å². The molecule has 2 N–H and O–H groups in total. The third-order valence-electron chi connectivity index (χ3n) is 3.77. The van der Waals surface area contributed by atoms with E-state index in [-0.39, 0.29) is 5.41 Å². The maximum atomic E-state index is 10.5. The minimum Gasteiger partial charge on any atom is -0.386 e. The van der Waals surface area contributed by atoms with Gasteiger partial charge in [0.1, 0.15) is 0 Å². The molecule has 2 unspecified atom stereocenters. The summed E-state index contributed by atoms with van der Waals surface area (Å²) in [7, 11) is 1.92. The number of aliphatic hydroxyl groups excluding tert-OH is 1. The van der Waals surface area contributed by atoms with Crippen molar-refractivity contribution in [3.8, 4) is 0 Å². The van der Waals surface area contributed by atoms with E-state index < -0.39 is 6.10 Å². The van der Waals surface area contributed by atoms with E-state index in [1.807, 2.05) is 11.7 Å². The van der Waals surface area contributed by atoms with Gasteiger partial charge >= 0.3 is 0 Å². The third kappa shape index (κ3) is 2.75. The Bertz CT molecular complexity index is 400. The van der Waals surface area contributed by atoms with E-state index in [0.717, 1.165) is 37.3 Å². The minimum atomic E-state index is -0.411. The molecule has 1 aliphatic heterocycles. The summed E-state index contributed by atoms with van der Waals surface area (Å²) in [5.41, 5.74) is 2.01. The molecule has 2 atom stereocenters. The van der Waals surface area contributed by atoms with Crippen LogP contribution in [0.5, 0.6) is 0 Å². The van der Waals surface area contributed by atoms with Gasteiger partial charge in [-0.05, 0) is 25.5 Å². The second-order valence-electron chi connectivity index (χ2n) is 6.38. The molecule has 0 aromatic carbocycles. The summed E-state index contributed by atoms with van der Waals surface area (Å²) in [5, 5.41) is 18.4. The van der Waals surface area contributed by atoms with Crippen molar-refractivity contribution < 1.29 is 5.11 Å². The number of aryl methyl sites for hydroxylation is 1. The molecule has 0 amide bonds. The van der Waals surface area contributed by atoms with Crippen molar-refractivity contribution in [2.45, 2.75) is 45.1 Å². The molecule has 102 valence electrons. The predicted octanol–water partition coefficient (Wildman–Crippen LogP) is 1.75. The summed E-state index contributed by atoms with van der Waals surface area (Å²) in [5.74, 6) is 0.307. The highest BCUT2D eigenvalue weighted by Crippen LogP contribution is 2.30. The maximum Gasteiger partial charge on any atom is 0.0996 e. The number of rotatable bonds is 2. The topological polar surface area (TPSA) is 50.1 Å². The van der Waals surface area contributed by atoms with Crippen LogP contribution in [0, 0.1) is 5.92 Å². The summed E-state index contributed by atoms with van der Waals surface area (Å²) >= 11 is 0. The molecule has 1 aliphatic rings. The average Bonchev–Trinajstić information content (AvgIpc) is 2.71. The SMILES string of the molecule is Cn1nc(C(C)(C)C)cc1C(O)C1CCCNC1. The van der Waals surface area contributed by atoms with E-state index in [0.29, 0.717) is 5.92 Å². The van der Waals surface area contributed by atoms with E-state index in [2.05, 4.69) is 37.3 Å². The van der Waals surface area contributed by atoms with Crippen molar-refractivity contribution in [2.75, 3.05) is 13.1 Å². The first-order chi connectivity index (χ1) is 8.39. The van der Waals surface area contributed by atoms with Gasteiger partial charge in [0.25, 0.3) is 0 Å². The molecule has 0 aliphatic carbocycles. The lowest BCUT2D eigenvalue weighted by molar-refractivity contribution is 0.0848. The molecule has 4 heteroatoms. The lowest BCUT2D eigenvalue weighted by atomic mass is 9.89. The van der Waals surface area contributed by atoms with Crippen molar-refractivity contribution in [3.05, 3.63) is 17.5 Å². The molecular weight excluding hydrogens is 226 g/mol. The number of nitrogens with zero attached hydrogens (tertiary/aromatic N) is 2. The van der Waals surface area contributed by atoms with Crippen LogP contribution in [0.3, 0.4) is 0 Å².